The molecule has 2 heterocycles. The molecule has 2 saturated heterocycles. The molecule has 2 amide bonds. The summed E-state index contributed by atoms with van der Waals surface area (Å²) in [5, 5.41) is 3.19. The van der Waals surface area contributed by atoms with E-state index in [4.69, 9.17) is 4.74 Å². The van der Waals surface area contributed by atoms with Gasteiger partial charge in [-0.05, 0) is 101 Å². The van der Waals surface area contributed by atoms with E-state index in [1.165, 1.54) is 24.9 Å². The highest BCUT2D eigenvalue weighted by molar-refractivity contribution is 5.91. The zero-order chi connectivity index (χ0) is 26.1. The van der Waals surface area contributed by atoms with E-state index in [9.17, 15) is 9.59 Å². The van der Waals surface area contributed by atoms with Gasteiger partial charge in [-0.3, -0.25) is 14.5 Å². The number of hydrogen-bond acceptors (Lipinski definition) is 5. The number of nitrogens with one attached hydrogen (secondary N) is 1. The number of rotatable bonds is 9. The van der Waals surface area contributed by atoms with Crippen LogP contribution in [0, 0.1) is 23.2 Å². The lowest BCUT2D eigenvalue weighted by atomic mass is 9.49. The van der Waals surface area contributed by atoms with Crippen molar-refractivity contribution in [1.82, 2.24) is 15.1 Å². The van der Waals surface area contributed by atoms with E-state index >= 15 is 0 Å². The Morgan fingerprint density at radius 1 is 0.947 bits per heavy atom. The molecule has 7 heteroatoms. The van der Waals surface area contributed by atoms with Crippen LogP contribution in [0.1, 0.15) is 64.2 Å². The number of anilines is 1. The number of benzene rings is 1. The predicted octanol–water partition coefficient (Wildman–Crippen LogP) is 3.92. The van der Waals surface area contributed by atoms with Gasteiger partial charge in [0.05, 0.1) is 18.2 Å². The van der Waals surface area contributed by atoms with E-state index < -0.39 is 0 Å². The molecule has 0 unspecified atom stereocenters. The maximum atomic E-state index is 13.8. The molecular formula is C31H46N4O3. The second kappa shape index (κ2) is 11.1. The molecular weight excluding hydrogens is 476 g/mol. The number of methoxy groups -OCH3 is 1. The number of unbranched alkanes of at least 4 members (excludes halogenated alkanes) is 1. The molecule has 4 saturated carbocycles. The van der Waals surface area contributed by atoms with E-state index in [0.717, 1.165) is 108 Å². The van der Waals surface area contributed by atoms with Crippen LogP contribution in [0.25, 0.3) is 0 Å². The van der Waals surface area contributed by atoms with Crippen molar-refractivity contribution in [2.45, 2.75) is 70.3 Å². The smallest absolute Gasteiger partial charge is 0.242 e. The van der Waals surface area contributed by atoms with Gasteiger partial charge in [-0.2, -0.15) is 0 Å². The topological polar surface area (TPSA) is 65.1 Å². The summed E-state index contributed by atoms with van der Waals surface area (Å²) in [6, 6.07) is 8.00. The molecule has 7 nitrogen and oxygen atoms in total. The number of carbonyl (C=O) groups is 2. The van der Waals surface area contributed by atoms with Gasteiger partial charge in [-0.25, -0.2) is 0 Å². The third-order valence-electron chi connectivity index (χ3n) is 10.3. The van der Waals surface area contributed by atoms with Gasteiger partial charge >= 0.3 is 0 Å². The van der Waals surface area contributed by atoms with Gasteiger partial charge in [0.15, 0.2) is 0 Å². The second-order valence-electron chi connectivity index (χ2n) is 12.9. The summed E-state index contributed by atoms with van der Waals surface area (Å²) in [4.78, 5) is 33.9. The van der Waals surface area contributed by atoms with Crippen molar-refractivity contribution in [3.8, 4) is 5.75 Å². The zero-order valence-electron chi connectivity index (χ0n) is 23.2. The van der Waals surface area contributed by atoms with Crippen LogP contribution in [0.15, 0.2) is 24.3 Å². The number of nitrogens with zero attached hydrogens (tertiary/aromatic N) is 3. The van der Waals surface area contributed by atoms with E-state index in [1.54, 1.807) is 7.11 Å². The third kappa shape index (κ3) is 5.15. The highest BCUT2D eigenvalue weighted by atomic mass is 16.5. The number of ether oxygens (including phenoxy) is 1. The molecule has 7 rings (SSSR count). The molecule has 0 radical (unpaired) electrons. The van der Waals surface area contributed by atoms with Gasteiger partial charge < -0.3 is 19.9 Å². The summed E-state index contributed by atoms with van der Waals surface area (Å²) in [5.74, 6) is 3.60. The van der Waals surface area contributed by atoms with Gasteiger partial charge in [0.1, 0.15) is 11.8 Å². The van der Waals surface area contributed by atoms with E-state index in [1.807, 2.05) is 17.0 Å². The highest BCUT2D eigenvalue weighted by Gasteiger charge is 2.56. The number of amides is 2. The largest absolute Gasteiger partial charge is 0.495 e. The Balaban J connectivity index is 0.919. The number of piperazine rings is 1. The molecule has 4 bridgehead atoms. The van der Waals surface area contributed by atoms with Crippen LogP contribution in [-0.4, -0.2) is 80.6 Å². The molecule has 4 aliphatic carbocycles. The highest BCUT2D eigenvalue weighted by Crippen LogP contribution is 2.60. The first-order valence-electron chi connectivity index (χ1n) is 15.2. The van der Waals surface area contributed by atoms with Crippen molar-refractivity contribution in [3.05, 3.63) is 24.3 Å². The molecule has 38 heavy (non-hydrogen) atoms. The lowest BCUT2D eigenvalue weighted by molar-refractivity contribution is -0.160. The first-order chi connectivity index (χ1) is 18.5. The van der Waals surface area contributed by atoms with Gasteiger partial charge in [0.2, 0.25) is 11.8 Å². The lowest BCUT2D eigenvalue weighted by Crippen LogP contribution is -2.57. The Bertz CT molecular complexity index is 969. The summed E-state index contributed by atoms with van der Waals surface area (Å²) >= 11 is 0. The maximum absolute atomic E-state index is 13.8. The maximum Gasteiger partial charge on any atom is 0.242 e. The van der Waals surface area contributed by atoms with Crippen molar-refractivity contribution in [3.63, 3.8) is 0 Å². The number of hydrogen-bond donors (Lipinski definition) is 1. The molecule has 2 aliphatic heterocycles. The second-order valence-corrected chi connectivity index (χ2v) is 12.9. The van der Waals surface area contributed by atoms with E-state index in [0.29, 0.717) is 12.5 Å². The monoisotopic (exact) mass is 522 g/mol. The predicted molar refractivity (Wildman–Crippen MR) is 149 cm³/mol. The quantitative estimate of drug-likeness (QED) is 0.498. The minimum absolute atomic E-state index is 0.0750. The molecule has 0 aromatic heterocycles. The zero-order valence-corrected chi connectivity index (χ0v) is 23.2. The van der Waals surface area contributed by atoms with Crippen LogP contribution in [0.4, 0.5) is 5.69 Å². The van der Waals surface area contributed by atoms with E-state index in [2.05, 4.69) is 27.2 Å². The Labute approximate surface area is 228 Å². The van der Waals surface area contributed by atoms with Crippen LogP contribution in [0.2, 0.25) is 0 Å². The summed E-state index contributed by atoms with van der Waals surface area (Å²) in [5.41, 5.74) is 1.03. The standard InChI is InChI=1S/C31H46N4O3/c1-38-28-9-3-2-7-26(28)34-15-13-33(14-16-34)11-5-4-10-32-29(36)27-8-6-12-35(27)30(37)31-20-23-17-24(21-31)19-25(18-23)22-31/h2-3,7,9,23-25,27H,4-6,8,10-22H2,1H3,(H,32,36)/t23?,24?,25?,27-,31?/m0/s1. The van der Waals surface area contributed by atoms with Crippen LogP contribution in [0.5, 0.6) is 5.75 Å². The van der Waals surface area contributed by atoms with Crippen molar-refractivity contribution in [2.24, 2.45) is 23.2 Å². The Morgan fingerprint density at radius 2 is 1.63 bits per heavy atom. The van der Waals surface area contributed by atoms with Gasteiger partial charge in [-0.15, -0.1) is 0 Å². The molecule has 1 aromatic rings. The van der Waals surface area contributed by atoms with Gasteiger partial charge in [0, 0.05) is 39.3 Å². The fourth-order valence-corrected chi connectivity index (χ4v) is 8.85. The summed E-state index contributed by atoms with van der Waals surface area (Å²) < 4.78 is 5.54. The minimum atomic E-state index is -0.251. The van der Waals surface area contributed by atoms with Gasteiger partial charge in [0.25, 0.3) is 0 Å². The third-order valence-corrected chi connectivity index (χ3v) is 10.3. The van der Waals surface area contributed by atoms with Crippen molar-refractivity contribution in [2.75, 3.05) is 57.8 Å². The number of likely N-dealkylation sites (tertiary alicyclic amines) is 1. The van der Waals surface area contributed by atoms with Crippen molar-refractivity contribution in [1.29, 1.82) is 0 Å². The average molecular weight is 523 g/mol. The SMILES string of the molecule is COc1ccccc1N1CCN(CCCCNC(=O)[C@@H]2CCCN2C(=O)C23CC4CC(CC(C4)C2)C3)CC1. The summed E-state index contributed by atoms with van der Waals surface area (Å²) in [6.45, 7) is 6.64. The lowest BCUT2D eigenvalue weighted by Gasteiger charge is -2.56. The Morgan fingerprint density at radius 3 is 2.32 bits per heavy atom. The minimum Gasteiger partial charge on any atom is -0.495 e. The molecule has 0 spiro atoms. The Hall–Kier alpha value is -2.28. The van der Waals surface area contributed by atoms with Gasteiger partial charge in [-0.1, -0.05) is 12.1 Å². The van der Waals surface area contributed by atoms with Crippen LogP contribution >= 0.6 is 0 Å². The fourth-order valence-electron chi connectivity index (χ4n) is 8.85. The number of carbonyl (C=O) groups excluding carboxylic acids is 2. The first-order valence-corrected chi connectivity index (χ1v) is 15.2. The average Bonchev–Trinajstić information content (AvgIpc) is 3.42. The van der Waals surface area contributed by atoms with Crippen LogP contribution < -0.4 is 15.0 Å². The molecule has 1 aromatic carbocycles. The first kappa shape index (κ1) is 26.0. The van der Waals surface area contributed by atoms with Crippen molar-refractivity contribution >= 4 is 17.5 Å². The summed E-state index contributed by atoms with van der Waals surface area (Å²) in [6.07, 6.45) is 11.1. The molecule has 1 N–H and O–H groups in total. The molecule has 6 aliphatic rings. The van der Waals surface area contributed by atoms with Crippen LogP contribution in [-0.2, 0) is 9.59 Å². The number of para-hydroxylation sites is 2. The molecule has 6 fully saturated rings. The van der Waals surface area contributed by atoms with Crippen molar-refractivity contribution < 1.29 is 14.3 Å². The molecule has 208 valence electrons. The molecule has 1 atom stereocenters. The fraction of sp³-hybridized carbons (Fsp3) is 0.742. The van der Waals surface area contributed by atoms with E-state index in [-0.39, 0.29) is 17.4 Å². The normalized spacial score (nSPS) is 32.6. The van der Waals surface area contributed by atoms with Crippen LogP contribution in [0.3, 0.4) is 0 Å². The summed E-state index contributed by atoms with van der Waals surface area (Å²) in [7, 11) is 1.74. The Kier molecular flexibility index (Phi) is 7.56.